The second kappa shape index (κ2) is 9.14. The van der Waals surface area contributed by atoms with Crippen LogP contribution >= 0.6 is 0 Å². The number of pyridine rings is 1. The first-order valence-electron chi connectivity index (χ1n) is 9.94. The van der Waals surface area contributed by atoms with Crippen LogP contribution in [0.5, 0.6) is 0 Å². The van der Waals surface area contributed by atoms with Gasteiger partial charge in [0.25, 0.3) is 11.5 Å². The van der Waals surface area contributed by atoms with Crippen LogP contribution in [-0.2, 0) is 4.74 Å². The summed E-state index contributed by atoms with van der Waals surface area (Å²) in [6.07, 6.45) is 0. The summed E-state index contributed by atoms with van der Waals surface area (Å²) >= 11 is 0. The zero-order valence-electron chi connectivity index (χ0n) is 17.3. The molecule has 0 bridgehead atoms. The van der Waals surface area contributed by atoms with Crippen molar-refractivity contribution in [3.63, 3.8) is 0 Å². The van der Waals surface area contributed by atoms with E-state index in [1.54, 1.807) is 24.3 Å². The minimum atomic E-state index is -0.617. The molecule has 0 saturated heterocycles. The van der Waals surface area contributed by atoms with E-state index in [1.807, 2.05) is 54.6 Å². The molecule has 4 aromatic rings. The van der Waals surface area contributed by atoms with Gasteiger partial charge in [0, 0.05) is 5.69 Å². The maximum atomic E-state index is 12.7. The van der Waals surface area contributed by atoms with Gasteiger partial charge in [0.2, 0.25) is 0 Å². The van der Waals surface area contributed by atoms with Gasteiger partial charge in [-0.1, -0.05) is 66.7 Å². The molecule has 0 aliphatic rings. The van der Waals surface area contributed by atoms with Gasteiger partial charge < -0.3 is 15.0 Å². The molecule has 6 nitrogen and oxygen atoms in total. The monoisotopic (exact) mass is 424 g/mol. The molecule has 6 heteroatoms. The van der Waals surface area contributed by atoms with Gasteiger partial charge in [-0.2, -0.15) is 0 Å². The second-order valence-corrected chi connectivity index (χ2v) is 7.05. The van der Waals surface area contributed by atoms with Crippen molar-refractivity contribution < 1.29 is 14.3 Å². The quantitative estimate of drug-likeness (QED) is 0.453. The number of aromatic amines is 1. The smallest absolute Gasteiger partial charge is 0.339 e. The van der Waals surface area contributed by atoms with E-state index in [0.29, 0.717) is 5.69 Å². The van der Waals surface area contributed by atoms with Crippen LogP contribution < -0.4 is 10.9 Å². The van der Waals surface area contributed by atoms with Crippen molar-refractivity contribution >= 4 is 17.6 Å². The number of hydrogen-bond acceptors (Lipinski definition) is 4. The molecule has 0 fully saturated rings. The molecule has 2 N–H and O–H groups in total. The average molecular weight is 424 g/mol. The van der Waals surface area contributed by atoms with Crippen molar-refractivity contribution in [2.75, 3.05) is 12.4 Å². The molecule has 3 aromatic carbocycles. The second-order valence-electron chi connectivity index (χ2n) is 7.05. The molecule has 1 amide bonds. The van der Waals surface area contributed by atoms with Crippen LogP contribution in [0.1, 0.15) is 20.7 Å². The number of esters is 1. The number of nitrogens with one attached hydrogen (secondary N) is 2. The number of anilines is 1. The number of benzene rings is 3. The standard InChI is InChI=1S/C26H20N2O4/c1-32-26(31)20-9-5-6-10-23(20)28-25(30)21-15-16-22(27-24(21)29)19-13-11-18(12-14-19)17-7-3-2-4-8-17/h2-16H,1H3,(H,27,29)(H,28,30). The van der Waals surface area contributed by atoms with Crippen molar-refractivity contribution in [3.8, 4) is 22.4 Å². The van der Waals surface area contributed by atoms with Crippen molar-refractivity contribution in [1.82, 2.24) is 4.98 Å². The molecule has 0 aliphatic heterocycles. The number of rotatable bonds is 5. The summed E-state index contributed by atoms with van der Waals surface area (Å²) in [5.74, 6) is -1.20. The number of H-pyrrole nitrogens is 1. The maximum Gasteiger partial charge on any atom is 0.339 e. The Balaban J connectivity index is 1.56. The van der Waals surface area contributed by atoms with E-state index >= 15 is 0 Å². The van der Waals surface area contributed by atoms with Gasteiger partial charge in [-0.15, -0.1) is 0 Å². The molecule has 32 heavy (non-hydrogen) atoms. The van der Waals surface area contributed by atoms with E-state index in [0.717, 1.165) is 16.7 Å². The summed E-state index contributed by atoms with van der Waals surface area (Å²) in [7, 11) is 1.26. The fourth-order valence-electron chi connectivity index (χ4n) is 3.36. The molecule has 0 unspecified atom stereocenters. The predicted octanol–water partition coefficient (Wildman–Crippen LogP) is 4.75. The Kier molecular flexibility index (Phi) is 5.94. The molecule has 0 radical (unpaired) electrons. The normalized spacial score (nSPS) is 10.4. The van der Waals surface area contributed by atoms with E-state index in [2.05, 4.69) is 10.3 Å². The summed E-state index contributed by atoms with van der Waals surface area (Å²) in [6, 6.07) is 27.4. The molecule has 0 spiro atoms. The number of hydrogen-bond donors (Lipinski definition) is 2. The van der Waals surface area contributed by atoms with Crippen molar-refractivity contribution in [2.24, 2.45) is 0 Å². The highest BCUT2D eigenvalue weighted by molar-refractivity contribution is 6.07. The molecular formula is C26H20N2O4. The first-order chi connectivity index (χ1) is 15.6. The highest BCUT2D eigenvalue weighted by atomic mass is 16.5. The van der Waals surface area contributed by atoms with E-state index in [-0.39, 0.29) is 16.8 Å². The third-order valence-electron chi connectivity index (χ3n) is 5.04. The maximum absolute atomic E-state index is 12.7. The van der Waals surface area contributed by atoms with Gasteiger partial charge in [0.1, 0.15) is 5.56 Å². The highest BCUT2D eigenvalue weighted by Gasteiger charge is 2.16. The van der Waals surface area contributed by atoms with Gasteiger partial charge in [-0.05, 0) is 41.0 Å². The number of carbonyl (C=O) groups excluding carboxylic acids is 2. The fourth-order valence-corrected chi connectivity index (χ4v) is 3.36. The zero-order valence-corrected chi connectivity index (χ0v) is 17.3. The number of methoxy groups -OCH3 is 1. The first-order valence-corrected chi connectivity index (χ1v) is 9.94. The SMILES string of the molecule is COC(=O)c1ccccc1NC(=O)c1ccc(-c2ccc(-c3ccccc3)cc2)[nH]c1=O. The van der Waals surface area contributed by atoms with Crippen LogP contribution in [0.3, 0.4) is 0 Å². The molecule has 158 valence electrons. The van der Waals surface area contributed by atoms with Gasteiger partial charge in [0.05, 0.1) is 18.4 Å². The van der Waals surface area contributed by atoms with Crippen molar-refractivity contribution in [1.29, 1.82) is 0 Å². The lowest BCUT2D eigenvalue weighted by Gasteiger charge is -2.10. The fraction of sp³-hybridized carbons (Fsp3) is 0.0385. The lowest BCUT2D eigenvalue weighted by molar-refractivity contribution is 0.0602. The van der Waals surface area contributed by atoms with Crippen LogP contribution in [0.2, 0.25) is 0 Å². The van der Waals surface area contributed by atoms with Gasteiger partial charge in [0.15, 0.2) is 0 Å². The minimum absolute atomic E-state index is 0.0608. The predicted molar refractivity (Wildman–Crippen MR) is 124 cm³/mol. The third kappa shape index (κ3) is 4.34. The lowest BCUT2D eigenvalue weighted by atomic mass is 10.0. The van der Waals surface area contributed by atoms with E-state index in [4.69, 9.17) is 4.74 Å². The molecule has 1 heterocycles. The molecule has 0 aliphatic carbocycles. The Morgan fingerprint density at radius 1 is 0.719 bits per heavy atom. The van der Waals surface area contributed by atoms with Gasteiger partial charge >= 0.3 is 5.97 Å². The Morgan fingerprint density at radius 2 is 1.34 bits per heavy atom. The molecular weight excluding hydrogens is 404 g/mol. The number of para-hydroxylation sites is 1. The van der Waals surface area contributed by atoms with Crippen LogP contribution in [0.25, 0.3) is 22.4 Å². The van der Waals surface area contributed by atoms with Gasteiger partial charge in [-0.25, -0.2) is 4.79 Å². The zero-order chi connectivity index (χ0) is 22.5. The number of amides is 1. The summed E-state index contributed by atoms with van der Waals surface area (Å²) in [6.45, 7) is 0. The Labute approximate surface area is 184 Å². The number of carbonyl (C=O) groups is 2. The first kappa shape index (κ1) is 20.8. The number of aromatic nitrogens is 1. The third-order valence-corrected chi connectivity index (χ3v) is 5.04. The molecule has 0 atom stereocenters. The summed E-state index contributed by atoms with van der Waals surface area (Å²) in [5.41, 5.74) is 3.48. The summed E-state index contributed by atoms with van der Waals surface area (Å²) in [4.78, 5) is 39.9. The van der Waals surface area contributed by atoms with Crippen LogP contribution in [-0.4, -0.2) is 24.0 Å². The molecule has 4 rings (SSSR count). The largest absolute Gasteiger partial charge is 0.465 e. The summed E-state index contributed by atoms with van der Waals surface area (Å²) in [5, 5.41) is 2.61. The topological polar surface area (TPSA) is 88.3 Å². The van der Waals surface area contributed by atoms with Gasteiger partial charge in [-0.3, -0.25) is 9.59 Å². The Bertz CT molecular complexity index is 1330. The van der Waals surface area contributed by atoms with Crippen LogP contribution in [0.4, 0.5) is 5.69 Å². The highest BCUT2D eigenvalue weighted by Crippen LogP contribution is 2.23. The van der Waals surface area contributed by atoms with E-state index < -0.39 is 17.4 Å². The van der Waals surface area contributed by atoms with Crippen LogP contribution in [0.15, 0.2) is 95.8 Å². The minimum Gasteiger partial charge on any atom is -0.465 e. The molecule has 0 saturated carbocycles. The summed E-state index contributed by atoms with van der Waals surface area (Å²) < 4.78 is 4.73. The molecule has 1 aromatic heterocycles. The van der Waals surface area contributed by atoms with Crippen LogP contribution in [0, 0.1) is 0 Å². The van der Waals surface area contributed by atoms with E-state index in [1.165, 1.54) is 19.2 Å². The number of ether oxygens (including phenoxy) is 1. The van der Waals surface area contributed by atoms with Crippen molar-refractivity contribution in [3.05, 3.63) is 112 Å². The lowest BCUT2D eigenvalue weighted by Crippen LogP contribution is -2.24. The Morgan fingerprint density at radius 3 is 2.03 bits per heavy atom. The Hall–Kier alpha value is -4.45. The van der Waals surface area contributed by atoms with Crippen molar-refractivity contribution in [2.45, 2.75) is 0 Å². The van der Waals surface area contributed by atoms with E-state index in [9.17, 15) is 14.4 Å². The average Bonchev–Trinajstić information content (AvgIpc) is 2.84.